The Bertz CT molecular complexity index is 1310. The van der Waals surface area contributed by atoms with Gasteiger partial charge < -0.3 is 20.5 Å². The smallest absolute Gasteiger partial charge is 0.260 e. The molecule has 1 saturated heterocycles. The van der Waals surface area contributed by atoms with Gasteiger partial charge in [-0.15, -0.1) is 0 Å². The molecule has 11 heteroatoms. The van der Waals surface area contributed by atoms with Crippen LogP contribution in [0.4, 0.5) is 11.4 Å². The quantitative estimate of drug-likeness (QED) is 0.289. The molecule has 0 aliphatic carbocycles. The van der Waals surface area contributed by atoms with Gasteiger partial charge in [-0.2, -0.15) is 0 Å². The van der Waals surface area contributed by atoms with E-state index in [4.69, 9.17) is 10.5 Å². The molecule has 10 nitrogen and oxygen atoms in total. The molecule has 4 rings (SSSR count). The Morgan fingerprint density at radius 2 is 2.06 bits per heavy atom. The maximum atomic E-state index is 13.3. The van der Waals surface area contributed by atoms with Crippen LogP contribution in [-0.2, 0) is 15.7 Å². The molecule has 1 aliphatic rings. The van der Waals surface area contributed by atoms with E-state index in [2.05, 4.69) is 9.88 Å². The lowest BCUT2D eigenvalue weighted by Gasteiger charge is -2.32. The average Bonchev–Trinajstić information content (AvgIpc) is 3.29. The number of hydrogen-bond acceptors (Lipinski definition) is 8. The number of thiol groups is 1. The number of carbonyl (C=O) groups is 1. The largest absolute Gasteiger partial charge is 0.483 e. The number of aliphatic hydroxyl groups excluding tert-OH is 1. The number of aliphatic hydroxyl groups is 1. The van der Waals surface area contributed by atoms with Crippen molar-refractivity contribution in [3.63, 3.8) is 0 Å². The lowest BCUT2D eigenvalue weighted by Crippen LogP contribution is -2.41. The maximum absolute atomic E-state index is 13.3. The van der Waals surface area contributed by atoms with Gasteiger partial charge in [0, 0.05) is 51.0 Å². The van der Waals surface area contributed by atoms with Gasteiger partial charge in [-0.1, -0.05) is 12.1 Å². The second kappa shape index (κ2) is 11.1. The number of carbonyl (C=O) groups excluding carboxylic acids is 1. The summed E-state index contributed by atoms with van der Waals surface area (Å²) in [6.07, 6.45) is 1.92. The van der Waals surface area contributed by atoms with Gasteiger partial charge in [0.25, 0.3) is 5.91 Å². The van der Waals surface area contributed by atoms with Crippen molar-refractivity contribution in [2.45, 2.75) is 18.6 Å². The van der Waals surface area contributed by atoms with Gasteiger partial charge in [0.05, 0.1) is 23.3 Å². The van der Waals surface area contributed by atoms with Crippen LogP contribution >= 0.6 is 0 Å². The number of amides is 1. The zero-order valence-electron chi connectivity index (χ0n) is 20.3. The van der Waals surface area contributed by atoms with Crippen molar-refractivity contribution >= 4 is 39.1 Å². The summed E-state index contributed by atoms with van der Waals surface area (Å²) < 4.78 is 30.0. The van der Waals surface area contributed by atoms with Crippen molar-refractivity contribution in [3.05, 3.63) is 60.3 Å². The Labute approximate surface area is 212 Å². The van der Waals surface area contributed by atoms with Crippen molar-refractivity contribution in [2.24, 2.45) is 0 Å². The molecule has 0 unspecified atom stereocenters. The van der Waals surface area contributed by atoms with Gasteiger partial charge >= 0.3 is 0 Å². The first-order valence-electron chi connectivity index (χ1n) is 11.6. The van der Waals surface area contributed by atoms with Gasteiger partial charge in [0.1, 0.15) is 5.75 Å². The molecular formula is C25H31N5O5S. The lowest BCUT2D eigenvalue weighted by molar-refractivity contribution is -0.134. The van der Waals surface area contributed by atoms with Crippen LogP contribution in [0.5, 0.6) is 5.75 Å². The maximum Gasteiger partial charge on any atom is 0.260 e. The number of nitrogens with zero attached hydrogens (tertiary/aromatic N) is 4. The molecule has 2 aromatic carbocycles. The number of likely N-dealkylation sites (N-methyl/N-ethyl adjacent to an activating group) is 1. The zero-order valence-corrected chi connectivity index (χ0v) is 21.2. The highest BCUT2D eigenvalue weighted by Crippen LogP contribution is 2.32. The van der Waals surface area contributed by atoms with Gasteiger partial charge in [-0.05, 0) is 48.4 Å². The topological polar surface area (TPSA) is 129 Å². The van der Waals surface area contributed by atoms with Crippen LogP contribution < -0.4 is 14.8 Å². The van der Waals surface area contributed by atoms with E-state index < -0.39 is 10.9 Å². The van der Waals surface area contributed by atoms with E-state index in [9.17, 15) is 18.3 Å². The first kappa shape index (κ1) is 25.7. The van der Waals surface area contributed by atoms with Gasteiger partial charge in [-0.25, -0.2) is 8.42 Å². The summed E-state index contributed by atoms with van der Waals surface area (Å²) in [5, 5.41) is 10.6. The summed E-state index contributed by atoms with van der Waals surface area (Å²) in [6.45, 7) is 1.66. The molecule has 36 heavy (non-hydrogen) atoms. The predicted molar refractivity (Wildman–Crippen MR) is 139 cm³/mol. The van der Waals surface area contributed by atoms with Crippen molar-refractivity contribution in [3.8, 4) is 5.75 Å². The number of ether oxygens (including phenoxy) is 1. The SMILES string of the molecule is CN(C(=O)COc1ccc(N(C)[SH](=O)=O)c2ncccc12)[C@H](CN1CC[C@H](O)C1)c1cccc(N)c1. The minimum Gasteiger partial charge on any atom is -0.483 e. The Morgan fingerprint density at radius 3 is 2.75 bits per heavy atom. The fourth-order valence-electron chi connectivity index (χ4n) is 4.46. The summed E-state index contributed by atoms with van der Waals surface area (Å²) in [5.74, 6) is 0.198. The molecule has 1 fully saturated rings. The number of hydrogen-bond donors (Lipinski definition) is 3. The van der Waals surface area contributed by atoms with E-state index in [0.29, 0.717) is 47.5 Å². The van der Waals surface area contributed by atoms with Crippen LogP contribution in [-0.4, -0.2) is 80.7 Å². The van der Waals surface area contributed by atoms with E-state index in [-0.39, 0.29) is 24.7 Å². The Morgan fingerprint density at radius 1 is 1.25 bits per heavy atom. The van der Waals surface area contributed by atoms with Crippen LogP contribution in [0.15, 0.2) is 54.7 Å². The predicted octanol–water partition coefficient (Wildman–Crippen LogP) is 1.42. The fraction of sp³-hybridized carbons (Fsp3) is 0.360. The van der Waals surface area contributed by atoms with Crippen molar-refractivity contribution in [1.29, 1.82) is 0 Å². The second-order valence-corrected chi connectivity index (χ2v) is 10.0. The molecule has 1 aliphatic heterocycles. The molecule has 1 amide bonds. The first-order valence-corrected chi connectivity index (χ1v) is 12.8. The second-order valence-electron chi connectivity index (χ2n) is 8.93. The number of aromatic nitrogens is 1. The van der Waals surface area contributed by atoms with Crippen molar-refractivity contribution in [2.75, 3.05) is 50.4 Å². The van der Waals surface area contributed by atoms with Crippen LogP contribution in [0.25, 0.3) is 10.9 Å². The summed E-state index contributed by atoms with van der Waals surface area (Å²) in [5.41, 5.74) is 8.41. The molecule has 2 heterocycles. The number of pyridine rings is 1. The third kappa shape index (κ3) is 5.69. The summed E-state index contributed by atoms with van der Waals surface area (Å²) in [6, 6.07) is 13.9. The van der Waals surface area contributed by atoms with Gasteiger partial charge in [0.15, 0.2) is 6.61 Å². The fourth-order valence-corrected chi connectivity index (χ4v) is 4.80. The highest BCUT2D eigenvalue weighted by atomic mass is 32.2. The van der Waals surface area contributed by atoms with E-state index >= 15 is 0 Å². The number of nitrogen functional groups attached to an aromatic ring is 1. The minimum atomic E-state index is -2.83. The molecule has 192 valence electrons. The summed E-state index contributed by atoms with van der Waals surface area (Å²) >= 11 is 0. The van der Waals surface area contributed by atoms with E-state index in [1.807, 2.05) is 18.2 Å². The highest BCUT2D eigenvalue weighted by Gasteiger charge is 2.28. The monoisotopic (exact) mass is 513 g/mol. The number of anilines is 2. The van der Waals surface area contributed by atoms with Crippen LogP contribution in [0.3, 0.4) is 0 Å². The van der Waals surface area contributed by atoms with Crippen LogP contribution in [0.1, 0.15) is 18.0 Å². The molecule has 2 atom stereocenters. The molecule has 0 bridgehead atoms. The summed E-state index contributed by atoms with van der Waals surface area (Å²) in [7, 11) is 0.354. The van der Waals surface area contributed by atoms with E-state index in [1.54, 1.807) is 48.5 Å². The Hall–Kier alpha value is -3.41. The molecule has 0 saturated carbocycles. The number of rotatable bonds is 9. The lowest BCUT2D eigenvalue weighted by atomic mass is 10.0. The minimum absolute atomic E-state index is 0.215. The number of likely N-dealkylation sites (tertiary alicyclic amines) is 1. The molecule has 0 spiro atoms. The third-order valence-corrected chi connectivity index (χ3v) is 7.19. The molecular weight excluding hydrogens is 482 g/mol. The van der Waals surface area contributed by atoms with Gasteiger partial charge in [0.2, 0.25) is 10.9 Å². The molecule has 3 N–H and O–H groups in total. The number of fused-ring (bicyclic) bond motifs is 1. The van der Waals surface area contributed by atoms with Crippen LogP contribution in [0.2, 0.25) is 0 Å². The van der Waals surface area contributed by atoms with Crippen molar-refractivity contribution in [1.82, 2.24) is 14.8 Å². The Kier molecular flexibility index (Phi) is 7.92. The zero-order chi connectivity index (χ0) is 25.8. The molecule has 1 aromatic heterocycles. The Balaban J connectivity index is 1.54. The van der Waals surface area contributed by atoms with E-state index in [0.717, 1.165) is 16.4 Å². The average molecular weight is 514 g/mol. The normalized spacial score (nSPS) is 16.8. The highest BCUT2D eigenvalue weighted by molar-refractivity contribution is 7.74. The summed E-state index contributed by atoms with van der Waals surface area (Å²) in [4.78, 5) is 21.4. The number of β-amino-alcohol motifs (C(OH)–C–C–N with tert-alkyl or cyclic N) is 1. The van der Waals surface area contributed by atoms with Crippen molar-refractivity contribution < 1.29 is 23.1 Å². The molecule has 3 aromatic rings. The number of benzene rings is 2. The van der Waals surface area contributed by atoms with Crippen LogP contribution in [0, 0.1) is 0 Å². The first-order chi connectivity index (χ1) is 17.2. The number of nitrogens with two attached hydrogens (primary N) is 1. The van der Waals surface area contributed by atoms with E-state index in [1.165, 1.54) is 7.05 Å². The third-order valence-electron chi connectivity index (χ3n) is 6.49. The molecule has 0 radical (unpaired) electrons. The van der Waals surface area contributed by atoms with Gasteiger partial charge in [-0.3, -0.25) is 19.0 Å². The standard InChI is InChI=1S/C25H31N5O5S/c1-28(22(15-30-12-10-19(31)14-30)17-5-3-6-18(26)13-17)24(32)16-35-23-9-8-21(29(2)36(33)34)25-20(23)7-4-11-27-25/h3-9,11,13,19,22,31,36H,10,12,14-16,26H2,1-2H3/t19-,22+/m0/s1.